The van der Waals surface area contributed by atoms with Gasteiger partial charge in [0.05, 0.1) is 7.11 Å². The number of benzene rings is 1. The molecule has 16 heavy (non-hydrogen) atoms. The first kappa shape index (κ1) is 11.8. The Morgan fingerprint density at radius 3 is 2.25 bits per heavy atom. The van der Waals surface area contributed by atoms with Crippen LogP contribution in [0.4, 0.5) is 4.79 Å². The summed E-state index contributed by atoms with van der Waals surface area (Å²) in [5, 5.41) is 2.31. The first-order chi connectivity index (χ1) is 7.67. The van der Waals surface area contributed by atoms with E-state index in [4.69, 9.17) is 4.74 Å². The number of rotatable bonds is 2. The number of hydrogen-bond acceptors (Lipinski definition) is 3. The number of methoxy groups -OCH3 is 1. The van der Waals surface area contributed by atoms with E-state index in [9.17, 15) is 9.59 Å². The summed E-state index contributed by atoms with van der Waals surface area (Å²) in [5.41, 5.74) is 4.85. The molecule has 1 rings (SSSR count). The molecule has 0 aliphatic carbocycles. The molecule has 0 unspecified atom stereocenters. The van der Waals surface area contributed by atoms with E-state index in [-0.39, 0.29) is 0 Å². The van der Waals surface area contributed by atoms with Crippen molar-refractivity contribution in [1.82, 2.24) is 16.2 Å². The van der Waals surface area contributed by atoms with Gasteiger partial charge in [-0.3, -0.25) is 10.2 Å². The molecule has 3 N–H and O–H groups in total. The van der Waals surface area contributed by atoms with E-state index in [1.807, 2.05) is 0 Å². The molecule has 0 aliphatic heterocycles. The average molecular weight is 223 g/mol. The molecule has 1 aromatic rings. The third-order valence-electron chi connectivity index (χ3n) is 1.87. The quantitative estimate of drug-likeness (QED) is 0.629. The van der Waals surface area contributed by atoms with Gasteiger partial charge in [-0.05, 0) is 24.3 Å². The number of hydrazine groups is 1. The van der Waals surface area contributed by atoms with Gasteiger partial charge in [0.25, 0.3) is 5.91 Å². The standard InChI is InChI=1S/C10H13N3O3/c1-11-10(15)13-12-9(14)7-3-5-8(16-2)6-4-7/h3-6H,1-2H3,(H,12,14)(H2,11,13,15). The van der Waals surface area contributed by atoms with E-state index in [0.717, 1.165) is 0 Å². The Bertz CT molecular complexity index is 375. The fraction of sp³-hybridized carbons (Fsp3) is 0.200. The van der Waals surface area contributed by atoms with Gasteiger partial charge in [0.2, 0.25) is 0 Å². The maximum atomic E-state index is 11.5. The van der Waals surface area contributed by atoms with E-state index in [0.29, 0.717) is 11.3 Å². The number of carbonyl (C=O) groups excluding carboxylic acids is 2. The Balaban J connectivity index is 2.56. The van der Waals surface area contributed by atoms with Crippen molar-refractivity contribution < 1.29 is 14.3 Å². The number of nitrogens with one attached hydrogen (secondary N) is 3. The summed E-state index contributed by atoms with van der Waals surface area (Å²) >= 11 is 0. The van der Waals surface area contributed by atoms with Crippen LogP contribution in [0, 0.1) is 0 Å². The number of amides is 3. The average Bonchev–Trinajstić information content (AvgIpc) is 2.35. The van der Waals surface area contributed by atoms with Crippen molar-refractivity contribution in [1.29, 1.82) is 0 Å². The Morgan fingerprint density at radius 1 is 1.12 bits per heavy atom. The highest BCUT2D eigenvalue weighted by atomic mass is 16.5. The molecule has 0 fully saturated rings. The van der Waals surface area contributed by atoms with Gasteiger partial charge in [-0.1, -0.05) is 0 Å². The predicted octanol–water partition coefficient (Wildman–Crippen LogP) is 0.269. The maximum absolute atomic E-state index is 11.5. The van der Waals surface area contributed by atoms with Crippen molar-refractivity contribution in [3.05, 3.63) is 29.8 Å². The van der Waals surface area contributed by atoms with Gasteiger partial charge in [-0.15, -0.1) is 0 Å². The molecule has 3 amide bonds. The highest BCUT2D eigenvalue weighted by Crippen LogP contribution is 2.10. The van der Waals surface area contributed by atoms with Crippen molar-refractivity contribution in [2.75, 3.05) is 14.2 Å². The van der Waals surface area contributed by atoms with E-state index in [2.05, 4.69) is 16.2 Å². The maximum Gasteiger partial charge on any atom is 0.333 e. The number of ether oxygens (including phenoxy) is 1. The lowest BCUT2D eigenvalue weighted by atomic mass is 10.2. The van der Waals surface area contributed by atoms with Crippen molar-refractivity contribution in [2.45, 2.75) is 0 Å². The molecule has 0 radical (unpaired) electrons. The molecule has 0 atom stereocenters. The largest absolute Gasteiger partial charge is 0.497 e. The Hall–Kier alpha value is -2.24. The Morgan fingerprint density at radius 2 is 1.75 bits per heavy atom. The second kappa shape index (κ2) is 5.59. The number of urea groups is 1. The van der Waals surface area contributed by atoms with Crippen molar-refractivity contribution in [3.63, 3.8) is 0 Å². The molecule has 0 spiro atoms. The van der Waals surface area contributed by atoms with Gasteiger partial charge in [-0.2, -0.15) is 0 Å². The van der Waals surface area contributed by atoms with Crippen LogP contribution in [0.5, 0.6) is 5.75 Å². The molecule has 0 saturated heterocycles. The lowest BCUT2D eigenvalue weighted by Gasteiger charge is -2.06. The summed E-state index contributed by atoms with van der Waals surface area (Å²) in [4.78, 5) is 22.3. The lowest BCUT2D eigenvalue weighted by Crippen LogP contribution is -2.45. The van der Waals surface area contributed by atoms with Crippen LogP contribution in [-0.2, 0) is 0 Å². The van der Waals surface area contributed by atoms with E-state index >= 15 is 0 Å². The van der Waals surface area contributed by atoms with Crippen LogP contribution >= 0.6 is 0 Å². The van der Waals surface area contributed by atoms with Crippen molar-refractivity contribution in [2.24, 2.45) is 0 Å². The third kappa shape index (κ3) is 3.16. The zero-order chi connectivity index (χ0) is 12.0. The molecule has 6 heteroatoms. The summed E-state index contributed by atoms with van der Waals surface area (Å²) in [6.07, 6.45) is 0. The minimum absolute atomic E-state index is 0.397. The van der Waals surface area contributed by atoms with Crippen molar-refractivity contribution in [3.8, 4) is 5.75 Å². The van der Waals surface area contributed by atoms with Gasteiger partial charge in [0, 0.05) is 12.6 Å². The third-order valence-corrected chi connectivity index (χ3v) is 1.87. The van der Waals surface area contributed by atoms with Crippen LogP contribution in [0.25, 0.3) is 0 Å². The number of carbonyl (C=O) groups is 2. The van der Waals surface area contributed by atoms with Crippen LogP contribution < -0.4 is 20.9 Å². The van der Waals surface area contributed by atoms with E-state index in [1.54, 1.807) is 31.4 Å². The normalized spacial score (nSPS) is 9.12. The summed E-state index contributed by atoms with van der Waals surface area (Å²) < 4.78 is 4.95. The van der Waals surface area contributed by atoms with Crippen LogP contribution in [0.2, 0.25) is 0 Å². The molecular weight excluding hydrogens is 210 g/mol. The van der Waals surface area contributed by atoms with Crippen LogP contribution in [-0.4, -0.2) is 26.1 Å². The van der Waals surface area contributed by atoms with Crippen molar-refractivity contribution >= 4 is 11.9 Å². The first-order valence-electron chi connectivity index (χ1n) is 4.59. The Labute approximate surface area is 92.9 Å². The molecule has 0 heterocycles. The number of hydrogen-bond donors (Lipinski definition) is 3. The fourth-order valence-electron chi connectivity index (χ4n) is 0.991. The van der Waals surface area contributed by atoms with Crippen LogP contribution in [0.1, 0.15) is 10.4 Å². The summed E-state index contributed by atoms with van der Waals surface area (Å²) in [7, 11) is 3.00. The van der Waals surface area contributed by atoms with Gasteiger partial charge in [0.15, 0.2) is 0 Å². The minimum Gasteiger partial charge on any atom is -0.497 e. The Kier molecular flexibility index (Phi) is 4.14. The smallest absolute Gasteiger partial charge is 0.333 e. The highest BCUT2D eigenvalue weighted by Gasteiger charge is 2.05. The SMILES string of the molecule is CNC(=O)NNC(=O)c1ccc(OC)cc1. The first-order valence-corrected chi connectivity index (χ1v) is 4.59. The predicted molar refractivity (Wildman–Crippen MR) is 58.1 cm³/mol. The second-order valence-electron chi connectivity index (χ2n) is 2.89. The zero-order valence-corrected chi connectivity index (χ0v) is 9.03. The van der Waals surface area contributed by atoms with Gasteiger partial charge < -0.3 is 10.1 Å². The molecule has 0 bridgehead atoms. The molecule has 0 aliphatic rings. The van der Waals surface area contributed by atoms with Crippen LogP contribution in [0.15, 0.2) is 24.3 Å². The topological polar surface area (TPSA) is 79.5 Å². The molecule has 6 nitrogen and oxygen atoms in total. The zero-order valence-electron chi connectivity index (χ0n) is 9.03. The van der Waals surface area contributed by atoms with Gasteiger partial charge >= 0.3 is 6.03 Å². The second-order valence-corrected chi connectivity index (χ2v) is 2.89. The highest BCUT2D eigenvalue weighted by molar-refractivity contribution is 5.95. The molecule has 1 aromatic carbocycles. The van der Waals surface area contributed by atoms with Crippen LogP contribution in [0.3, 0.4) is 0 Å². The van der Waals surface area contributed by atoms with E-state index < -0.39 is 11.9 Å². The summed E-state index contributed by atoms with van der Waals surface area (Å²) in [6.45, 7) is 0. The summed E-state index contributed by atoms with van der Waals surface area (Å²) in [5.74, 6) is 0.266. The molecule has 0 aromatic heterocycles. The van der Waals surface area contributed by atoms with E-state index in [1.165, 1.54) is 7.05 Å². The fourth-order valence-corrected chi connectivity index (χ4v) is 0.991. The minimum atomic E-state index is -0.484. The molecule has 0 saturated carbocycles. The van der Waals surface area contributed by atoms with Gasteiger partial charge in [-0.25, -0.2) is 10.2 Å². The lowest BCUT2D eigenvalue weighted by molar-refractivity contribution is 0.0936. The van der Waals surface area contributed by atoms with Gasteiger partial charge in [0.1, 0.15) is 5.75 Å². The molecular formula is C10H13N3O3. The monoisotopic (exact) mass is 223 g/mol. The molecule has 86 valence electrons. The summed E-state index contributed by atoms with van der Waals surface area (Å²) in [6, 6.07) is 6.03.